The number of primary amides is 1. The molecule has 3 aliphatic heterocycles. The van der Waals surface area contributed by atoms with Crippen LogP contribution in [0.15, 0.2) is 197 Å². The average Bonchev–Trinajstić information content (AvgIpc) is 1.60. The van der Waals surface area contributed by atoms with Gasteiger partial charge in [0.25, 0.3) is 34.4 Å². The zero-order valence-corrected chi connectivity index (χ0v) is 53.4. The molecule has 0 radical (unpaired) electrons. The van der Waals surface area contributed by atoms with Crippen LogP contribution in [0.3, 0.4) is 0 Å². The van der Waals surface area contributed by atoms with Crippen LogP contribution in [0, 0.1) is 5.92 Å². The van der Waals surface area contributed by atoms with E-state index < -0.39 is 34.2 Å². The van der Waals surface area contributed by atoms with E-state index in [-0.39, 0.29) is 56.2 Å². The Kier molecular flexibility index (Phi) is 20.5. The largest absolute Gasteiger partial charge is 0.384 e. The van der Waals surface area contributed by atoms with E-state index in [0.717, 1.165) is 22.3 Å². The van der Waals surface area contributed by atoms with E-state index in [1.165, 1.54) is 80.3 Å². The summed E-state index contributed by atoms with van der Waals surface area (Å²) in [7, 11) is 0. The van der Waals surface area contributed by atoms with Crippen molar-refractivity contribution in [3.8, 4) is 0 Å². The maximum absolute atomic E-state index is 13.0. The third-order valence-electron chi connectivity index (χ3n) is 14.3. The Labute approximate surface area is 548 Å². The van der Waals surface area contributed by atoms with Gasteiger partial charge in [-0.25, -0.2) is 29.9 Å². The topological polar surface area (TPSA) is 369 Å². The van der Waals surface area contributed by atoms with E-state index in [0.29, 0.717) is 45.8 Å². The van der Waals surface area contributed by atoms with Gasteiger partial charge >= 0.3 is 0 Å². The molecule has 4 amide bonds. The van der Waals surface area contributed by atoms with Crippen LogP contribution in [-0.4, -0.2) is 79.2 Å². The van der Waals surface area contributed by atoms with E-state index in [9.17, 15) is 43.2 Å². The fourth-order valence-corrected chi connectivity index (χ4v) is 12.9. The van der Waals surface area contributed by atoms with Gasteiger partial charge in [0, 0.05) is 46.2 Å². The van der Waals surface area contributed by atoms with Gasteiger partial charge in [-0.15, -0.1) is 0 Å². The number of carbonyl (C=O) groups is 6. The van der Waals surface area contributed by atoms with Gasteiger partial charge in [0.15, 0.2) is 11.6 Å². The summed E-state index contributed by atoms with van der Waals surface area (Å²) < 4.78 is 2.97. The molecule has 468 valence electrons. The summed E-state index contributed by atoms with van der Waals surface area (Å²) in [5.41, 5.74) is 11.9. The summed E-state index contributed by atoms with van der Waals surface area (Å²) in [6.07, 6.45) is 12.1. The summed E-state index contributed by atoms with van der Waals surface area (Å²) >= 11 is 17.4. The van der Waals surface area contributed by atoms with Crippen LogP contribution in [-0.2, 0) is 26.5 Å². The summed E-state index contributed by atoms with van der Waals surface area (Å²) in [6, 6.07) is 21.7. The number of carbonyl (C=O) groups excluding carboxylic acids is 6. The van der Waals surface area contributed by atoms with Crippen LogP contribution in [0.5, 0.6) is 0 Å². The number of aromatic nitrogens is 9. The number of nitrogens with zero attached hydrogens (tertiary/aromatic N) is 8. The highest BCUT2D eigenvalue weighted by Gasteiger charge is 2.53. The molecule has 1 fully saturated rings. The molecule has 31 heteroatoms. The fourth-order valence-electron chi connectivity index (χ4n) is 9.63. The molecular weight excluding hydrogens is 1300 g/mol. The minimum Gasteiger partial charge on any atom is -0.384 e. The van der Waals surface area contributed by atoms with E-state index in [4.69, 9.17) is 34.7 Å². The Balaban J connectivity index is 0.000000138. The van der Waals surface area contributed by atoms with Gasteiger partial charge in [-0.2, -0.15) is 45.3 Å². The summed E-state index contributed by atoms with van der Waals surface area (Å²) in [6.45, 7) is 7.08. The number of halogens is 2. The second-order valence-corrected chi connectivity index (χ2v) is 24.2. The molecule has 10 aromatic heterocycles. The predicted molar refractivity (Wildman–Crippen MR) is 353 cm³/mol. The lowest BCUT2D eigenvalue weighted by Crippen LogP contribution is -2.45. The van der Waals surface area contributed by atoms with Gasteiger partial charge in [0.2, 0.25) is 5.91 Å². The van der Waals surface area contributed by atoms with Crippen LogP contribution in [0.4, 0.5) is 28.8 Å². The number of nitrogens with one attached hydrogen (secondary N) is 6. The summed E-state index contributed by atoms with van der Waals surface area (Å²) in [4.78, 5) is 132. The molecule has 1 aliphatic carbocycles. The molecule has 4 atom stereocenters. The third kappa shape index (κ3) is 14.4. The summed E-state index contributed by atoms with van der Waals surface area (Å²) in [5.74, 6) is -0.459. The lowest BCUT2D eigenvalue weighted by atomic mass is 9.76. The number of anilines is 5. The number of amides is 4. The Bertz CT molecular complexity index is 4430. The number of nitrogens with two attached hydrogens (primary N) is 2. The van der Waals surface area contributed by atoms with Crippen LogP contribution < -0.4 is 54.7 Å². The molecular formula is C61H52Cl2N16O9S4. The lowest BCUT2D eigenvalue weighted by Gasteiger charge is -2.30. The SMILES string of the molecule is CC(=O)c1ccsc1.CC1(c2ccsc2)NC(=O)C2=CC=C(Cl)C(=O)C21.CC1(c2ccsc2)NC(=O)c2ccc(Nc3ccncn3)c(=O)n21.CC1(c2ccsc2)NC(=O)c2ccc(Nc3ccncn3)c(=O)n21.NC(=O)c1ccc(Cl)c(=O)[nH]1.Nc1ccncn1. The number of thiophene rings is 4. The fraction of sp³-hybridized carbons (Fsp3) is 0.131. The minimum absolute atomic E-state index is 0.0370. The number of allylic oxidation sites excluding steroid dienone is 3. The molecule has 10 aromatic rings. The normalized spacial score (nSPS) is 18.5. The van der Waals surface area contributed by atoms with Crippen molar-refractivity contribution >= 4 is 133 Å². The van der Waals surface area contributed by atoms with E-state index >= 15 is 0 Å². The molecule has 92 heavy (non-hydrogen) atoms. The Morgan fingerprint density at radius 2 is 1.07 bits per heavy atom. The van der Waals surface area contributed by atoms with Gasteiger partial charge < -0.3 is 43.0 Å². The Morgan fingerprint density at radius 3 is 1.46 bits per heavy atom. The van der Waals surface area contributed by atoms with Crippen molar-refractivity contribution in [1.29, 1.82) is 0 Å². The smallest absolute Gasteiger partial charge is 0.277 e. The number of hydrogen-bond acceptors (Lipinski definition) is 22. The average molecular weight is 1350 g/mol. The maximum Gasteiger partial charge on any atom is 0.277 e. The molecule has 10 N–H and O–H groups in total. The molecule has 14 rings (SSSR count). The zero-order chi connectivity index (χ0) is 65.9. The lowest BCUT2D eigenvalue weighted by molar-refractivity contribution is -0.119. The van der Waals surface area contributed by atoms with Crippen molar-refractivity contribution in [2.24, 2.45) is 11.7 Å². The highest BCUT2D eigenvalue weighted by Crippen LogP contribution is 2.44. The molecule has 4 unspecified atom stereocenters. The predicted octanol–water partition coefficient (Wildman–Crippen LogP) is 8.29. The number of pyridine rings is 3. The quantitative estimate of drug-likeness (QED) is 0.0630. The van der Waals surface area contributed by atoms with Gasteiger partial charge in [-0.05, 0) is 156 Å². The number of H-pyrrole nitrogens is 1. The first kappa shape index (κ1) is 66.0. The van der Waals surface area contributed by atoms with Crippen molar-refractivity contribution in [1.82, 2.24) is 60.0 Å². The van der Waals surface area contributed by atoms with Crippen LogP contribution in [0.2, 0.25) is 5.02 Å². The first-order chi connectivity index (χ1) is 44.0. The number of Topliss-reactive ketones (excluding diaryl/α,β-unsaturated/α-hetero) is 2. The van der Waals surface area contributed by atoms with Crippen LogP contribution >= 0.6 is 68.5 Å². The van der Waals surface area contributed by atoms with E-state index in [2.05, 4.69) is 61.5 Å². The number of nitrogen functional groups attached to an aromatic ring is 1. The second kappa shape index (κ2) is 28.6. The van der Waals surface area contributed by atoms with Gasteiger partial charge in [0.1, 0.15) is 81.2 Å². The molecule has 4 aliphatic rings. The molecule has 0 aromatic carbocycles. The van der Waals surface area contributed by atoms with Crippen molar-refractivity contribution in [2.75, 3.05) is 16.4 Å². The molecule has 0 bridgehead atoms. The zero-order valence-electron chi connectivity index (χ0n) is 48.6. The summed E-state index contributed by atoms with van der Waals surface area (Å²) in [5, 5.41) is 30.2. The number of ketones is 2. The molecule has 1 saturated heterocycles. The van der Waals surface area contributed by atoms with Gasteiger partial charge in [-0.1, -0.05) is 29.3 Å². The van der Waals surface area contributed by atoms with E-state index in [1.54, 1.807) is 85.4 Å². The van der Waals surface area contributed by atoms with Crippen molar-refractivity contribution < 1.29 is 28.8 Å². The van der Waals surface area contributed by atoms with Crippen LogP contribution in [0.1, 0.15) is 86.2 Å². The first-order valence-corrected chi connectivity index (χ1v) is 31.6. The van der Waals surface area contributed by atoms with Crippen molar-refractivity contribution in [2.45, 2.75) is 44.6 Å². The monoisotopic (exact) mass is 1350 g/mol. The van der Waals surface area contributed by atoms with Crippen molar-refractivity contribution in [3.05, 3.63) is 258 Å². The molecule has 25 nitrogen and oxygen atoms in total. The minimum atomic E-state index is -0.910. The van der Waals surface area contributed by atoms with Gasteiger partial charge in [-0.3, -0.25) is 52.3 Å². The second-order valence-electron chi connectivity index (χ2n) is 20.3. The molecule has 13 heterocycles. The third-order valence-corrected chi connectivity index (χ3v) is 17.6. The Morgan fingerprint density at radius 1 is 0.576 bits per heavy atom. The Hall–Kier alpha value is -10.4. The number of rotatable bonds is 9. The van der Waals surface area contributed by atoms with Crippen LogP contribution in [0.25, 0.3) is 0 Å². The number of aromatic amines is 1. The molecule has 0 spiro atoms. The highest BCUT2D eigenvalue weighted by molar-refractivity contribution is 7.08. The van der Waals surface area contributed by atoms with Gasteiger partial charge in [0.05, 0.1) is 16.5 Å². The van der Waals surface area contributed by atoms with E-state index in [1.807, 2.05) is 88.1 Å². The molecule has 0 saturated carbocycles. The maximum atomic E-state index is 13.0. The van der Waals surface area contributed by atoms with Crippen molar-refractivity contribution in [3.63, 3.8) is 0 Å². The standard InChI is InChI=1S/2C16H13N5O2S.C13H10ClNO2S.C6H5ClN2O2.C6H6OS.C4H5N3/c2*1-16(10-5-7-24-8-10)20-14(22)12-3-2-11(15(23)21(12)16)19-13-4-6-17-9-18-13;1-13(7-4-5-18-6-7)10-8(12(17)15-13)2-3-9(14)11(10)16;7-3-1-2-4(5(8)10)9-6(3)11;1-5(7)6-2-3-8-4-6;5-4-1-2-6-3-7-4/h2*2-9H,1H3,(H,20,22)(H,17,18,19);2-6,10H,1H3,(H,15,17);1-2H,(H2,8,10)(H,9,11);2-4H,1H3;1-3H,(H2,5,6,7). The number of fused-ring (bicyclic) bond motifs is 3. The highest BCUT2D eigenvalue weighted by atomic mass is 35.5. The first-order valence-electron chi connectivity index (χ1n) is 27.0. The number of hydrogen-bond donors (Lipinski definition) is 8.